The Balaban J connectivity index is 0.000000117. The van der Waals surface area contributed by atoms with Crippen molar-refractivity contribution >= 4 is 110 Å². The summed E-state index contributed by atoms with van der Waals surface area (Å²) in [7, 11) is 0. The van der Waals surface area contributed by atoms with E-state index in [1.165, 1.54) is 76.8 Å². The predicted molar refractivity (Wildman–Crippen MR) is 354 cm³/mol. The molecular formula is C76H51BrN6O2. The highest BCUT2D eigenvalue weighted by molar-refractivity contribution is 9.10. The number of hydrogen-bond donors (Lipinski definition) is 1. The van der Waals surface area contributed by atoms with Crippen LogP contribution in [-0.4, -0.2) is 18.3 Å². The predicted octanol–water partition coefficient (Wildman–Crippen LogP) is 21.3. The van der Waals surface area contributed by atoms with Gasteiger partial charge in [0.15, 0.2) is 23.0 Å². The van der Waals surface area contributed by atoms with Crippen molar-refractivity contribution < 1.29 is 9.47 Å². The first kappa shape index (κ1) is 49.8. The zero-order chi connectivity index (χ0) is 56.4. The lowest BCUT2D eigenvalue weighted by atomic mass is 10.1. The molecule has 0 spiro atoms. The van der Waals surface area contributed by atoms with Crippen molar-refractivity contribution in [2.75, 3.05) is 10.2 Å². The van der Waals surface area contributed by atoms with Crippen LogP contribution in [0.5, 0.6) is 23.0 Å². The Morgan fingerprint density at radius 3 is 1.16 bits per heavy atom. The molecule has 6 heterocycles. The van der Waals surface area contributed by atoms with Gasteiger partial charge in [-0.05, 0) is 158 Å². The Morgan fingerprint density at radius 2 is 0.671 bits per heavy atom. The first-order valence-electron chi connectivity index (χ1n) is 28.4. The molecule has 0 saturated heterocycles. The van der Waals surface area contributed by atoms with E-state index in [1.807, 2.05) is 72.8 Å². The minimum atomic E-state index is 0.854. The number of para-hydroxylation sites is 12. The van der Waals surface area contributed by atoms with Crippen molar-refractivity contribution in [2.24, 2.45) is 0 Å². The molecule has 2 aliphatic heterocycles. The van der Waals surface area contributed by atoms with E-state index in [4.69, 9.17) is 9.47 Å². The van der Waals surface area contributed by atoms with Crippen molar-refractivity contribution in [3.8, 4) is 45.7 Å². The van der Waals surface area contributed by atoms with Crippen molar-refractivity contribution in [2.45, 2.75) is 0 Å². The van der Waals surface area contributed by atoms with Crippen LogP contribution in [0.15, 0.2) is 308 Å². The molecule has 85 heavy (non-hydrogen) atoms. The van der Waals surface area contributed by atoms with Crippen LogP contribution in [-0.2, 0) is 0 Å². The lowest BCUT2D eigenvalue weighted by Gasteiger charge is -2.32. The Labute approximate surface area is 498 Å². The number of aromatic nitrogens is 4. The Kier molecular flexibility index (Phi) is 12.2. The molecule has 0 fully saturated rings. The van der Waals surface area contributed by atoms with E-state index in [1.54, 1.807) is 0 Å². The van der Waals surface area contributed by atoms with Gasteiger partial charge >= 0.3 is 0 Å². The van der Waals surface area contributed by atoms with Crippen LogP contribution in [0, 0.1) is 0 Å². The van der Waals surface area contributed by atoms with Gasteiger partial charge in [0.05, 0.1) is 55.8 Å². The lowest BCUT2D eigenvalue weighted by Crippen LogP contribution is -2.15. The SMILES string of the molecule is Brc1ccc2c(c1)c1ccc3c(ccn3-c3ccccc3)c1n2-c1ccccc1.c1ccc(-n2ccc3c2ccc2c4cc(N5c6ccccc6Oc6ccccc65)ccc4n(-c4ccccc4)c23)cc1.c1ccc2c(c1)Nc1ccccc1O2. The number of nitrogens with one attached hydrogen (secondary N) is 1. The fraction of sp³-hybridized carbons (Fsp3) is 0. The number of ether oxygens (including phenoxy) is 2. The van der Waals surface area contributed by atoms with Gasteiger partial charge in [0, 0.05) is 77.6 Å². The van der Waals surface area contributed by atoms with Gasteiger partial charge in [-0.2, -0.15) is 0 Å². The third-order valence-corrected chi connectivity index (χ3v) is 16.7. The van der Waals surface area contributed by atoms with E-state index in [-0.39, 0.29) is 0 Å². The molecule has 18 rings (SSSR count). The van der Waals surface area contributed by atoms with Crippen LogP contribution in [0.25, 0.3) is 88.2 Å². The van der Waals surface area contributed by atoms with Crippen LogP contribution in [0.1, 0.15) is 0 Å². The molecule has 4 aromatic heterocycles. The lowest BCUT2D eigenvalue weighted by molar-refractivity contribution is 0.477. The maximum absolute atomic E-state index is 6.29. The highest BCUT2D eigenvalue weighted by atomic mass is 79.9. The van der Waals surface area contributed by atoms with Gasteiger partial charge in [-0.1, -0.05) is 149 Å². The molecule has 12 aromatic carbocycles. The van der Waals surface area contributed by atoms with Crippen molar-refractivity contribution in [3.63, 3.8) is 0 Å². The van der Waals surface area contributed by atoms with Crippen molar-refractivity contribution in [3.05, 3.63) is 308 Å². The molecule has 0 amide bonds. The van der Waals surface area contributed by atoms with Crippen LogP contribution in [0.3, 0.4) is 0 Å². The van der Waals surface area contributed by atoms with E-state index in [0.29, 0.717) is 0 Å². The van der Waals surface area contributed by atoms with Gasteiger partial charge < -0.3 is 38.0 Å². The molecule has 0 unspecified atom stereocenters. The zero-order valence-electron chi connectivity index (χ0n) is 45.8. The fourth-order valence-corrected chi connectivity index (χ4v) is 12.8. The van der Waals surface area contributed by atoms with Gasteiger partial charge in [0.25, 0.3) is 0 Å². The van der Waals surface area contributed by atoms with E-state index < -0.39 is 0 Å². The molecule has 404 valence electrons. The number of nitrogens with zero attached hydrogens (tertiary/aromatic N) is 5. The molecule has 1 N–H and O–H groups in total. The maximum Gasteiger partial charge on any atom is 0.151 e. The van der Waals surface area contributed by atoms with E-state index in [9.17, 15) is 0 Å². The molecule has 0 saturated carbocycles. The maximum atomic E-state index is 6.29. The third kappa shape index (κ3) is 8.59. The second kappa shape index (κ2) is 20.8. The number of benzene rings is 12. The summed E-state index contributed by atoms with van der Waals surface area (Å²) in [5.41, 5.74) is 17.1. The smallest absolute Gasteiger partial charge is 0.151 e. The number of rotatable bonds is 5. The minimum absolute atomic E-state index is 0.854. The second-order valence-electron chi connectivity index (χ2n) is 21.1. The van der Waals surface area contributed by atoms with Gasteiger partial charge in [-0.15, -0.1) is 0 Å². The summed E-state index contributed by atoms with van der Waals surface area (Å²) < 4.78 is 22.4. The quantitative estimate of drug-likeness (QED) is 0.187. The van der Waals surface area contributed by atoms with Gasteiger partial charge in [0.1, 0.15) is 0 Å². The monoisotopic (exact) mass is 1160 g/mol. The molecule has 0 aliphatic carbocycles. The summed E-state index contributed by atoms with van der Waals surface area (Å²) in [5.74, 6) is 3.47. The Bertz CT molecular complexity index is 5050. The number of fused-ring (bicyclic) bond motifs is 14. The summed E-state index contributed by atoms with van der Waals surface area (Å²) in [6.45, 7) is 0. The molecule has 2 aliphatic rings. The van der Waals surface area contributed by atoms with Crippen molar-refractivity contribution in [1.29, 1.82) is 0 Å². The number of anilines is 5. The molecular weight excluding hydrogens is 1110 g/mol. The topological polar surface area (TPSA) is 53.5 Å². The standard InChI is InChI=1S/C38H25N3O.C26H17BrN2.C12H9NO/c1-3-11-26(12-4-1)39-24-23-30-32(39)22-20-29-31-25-28(19-21-33(31)41(38(29)30)27-13-5-2-6-14-27)40-34-15-7-9-17-36(34)42-37-18-10-8-16-35(37)40;27-18-11-13-25-23(17-18)21-12-14-24-22(15-16-28(24)19-7-3-1-4-8-19)26(21)29(25)20-9-5-2-6-10-20;1-3-7-11-9(5-1)13-10-6-2-4-8-12(10)14-11/h1-25H;1-17H;1-8,13H. The average Bonchev–Trinajstić information content (AvgIpc) is 1.77. The second-order valence-corrected chi connectivity index (χ2v) is 22.0. The first-order valence-corrected chi connectivity index (χ1v) is 29.2. The normalized spacial score (nSPS) is 12.1. The van der Waals surface area contributed by atoms with Crippen LogP contribution < -0.4 is 19.7 Å². The first-order chi connectivity index (χ1) is 42.1. The summed E-state index contributed by atoms with van der Waals surface area (Å²) in [5, 5.41) is 10.8. The molecule has 9 heteroatoms. The minimum Gasteiger partial charge on any atom is -0.453 e. The highest BCUT2D eigenvalue weighted by Crippen LogP contribution is 2.51. The molecule has 0 radical (unpaired) electrons. The van der Waals surface area contributed by atoms with Crippen LogP contribution >= 0.6 is 15.9 Å². The van der Waals surface area contributed by atoms with Crippen molar-refractivity contribution in [1.82, 2.24) is 18.3 Å². The van der Waals surface area contributed by atoms with E-state index >= 15 is 0 Å². The van der Waals surface area contributed by atoms with Gasteiger partial charge in [-0.25, -0.2) is 0 Å². The highest BCUT2D eigenvalue weighted by Gasteiger charge is 2.27. The van der Waals surface area contributed by atoms with E-state index in [2.05, 4.69) is 275 Å². The van der Waals surface area contributed by atoms with Gasteiger partial charge in [-0.3, -0.25) is 0 Å². The van der Waals surface area contributed by atoms with E-state index in [0.717, 1.165) is 67.3 Å². The Hall–Kier alpha value is -11.0. The molecule has 8 nitrogen and oxygen atoms in total. The number of hydrogen-bond acceptors (Lipinski definition) is 4. The summed E-state index contributed by atoms with van der Waals surface area (Å²) in [6, 6.07) is 102. The van der Waals surface area contributed by atoms with Gasteiger partial charge in [0.2, 0.25) is 0 Å². The molecule has 16 aromatic rings. The molecule has 0 atom stereocenters. The third-order valence-electron chi connectivity index (χ3n) is 16.2. The Morgan fingerprint density at radius 1 is 0.282 bits per heavy atom. The average molecular weight is 1160 g/mol. The fourth-order valence-electron chi connectivity index (χ4n) is 12.4. The molecule has 0 bridgehead atoms. The summed E-state index contributed by atoms with van der Waals surface area (Å²) >= 11 is 3.65. The zero-order valence-corrected chi connectivity index (χ0v) is 47.4. The summed E-state index contributed by atoms with van der Waals surface area (Å²) in [4.78, 5) is 2.31. The number of halogens is 1. The summed E-state index contributed by atoms with van der Waals surface area (Å²) in [6.07, 6.45) is 4.35. The van der Waals surface area contributed by atoms with Crippen LogP contribution in [0.2, 0.25) is 0 Å². The largest absolute Gasteiger partial charge is 0.453 e. The van der Waals surface area contributed by atoms with Crippen LogP contribution in [0.4, 0.5) is 28.4 Å².